The highest BCUT2D eigenvalue weighted by molar-refractivity contribution is 5.86. The van der Waals surface area contributed by atoms with Gasteiger partial charge in [0.2, 0.25) is 0 Å². The fourth-order valence-corrected chi connectivity index (χ4v) is 2.59. The lowest BCUT2D eigenvalue weighted by Crippen LogP contribution is -2.03. The molecule has 0 bridgehead atoms. The highest BCUT2D eigenvalue weighted by atomic mass is 16.1. The van der Waals surface area contributed by atoms with Gasteiger partial charge >= 0.3 is 0 Å². The SMILES string of the molecule is CC#CCC(=O)C1C2CCCC21. The molecular weight excluding hydrogens is 148 g/mol. The topological polar surface area (TPSA) is 17.1 Å². The summed E-state index contributed by atoms with van der Waals surface area (Å²) in [5.41, 5.74) is 0. The van der Waals surface area contributed by atoms with E-state index in [1.54, 1.807) is 6.92 Å². The Bertz CT molecular complexity index is 246. The minimum absolute atomic E-state index is 0.402. The number of fused-ring (bicyclic) bond motifs is 1. The van der Waals surface area contributed by atoms with Crippen LogP contribution in [0.4, 0.5) is 0 Å². The van der Waals surface area contributed by atoms with Crippen LogP contribution in [0.25, 0.3) is 0 Å². The molecule has 2 aliphatic rings. The van der Waals surface area contributed by atoms with E-state index in [-0.39, 0.29) is 0 Å². The first kappa shape index (κ1) is 7.86. The highest BCUT2D eigenvalue weighted by Gasteiger charge is 2.55. The fourth-order valence-electron chi connectivity index (χ4n) is 2.59. The van der Waals surface area contributed by atoms with Gasteiger partial charge in [-0.15, -0.1) is 5.92 Å². The molecule has 0 saturated heterocycles. The van der Waals surface area contributed by atoms with Gasteiger partial charge in [-0.25, -0.2) is 0 Å². The molecule has 2 atom stereocenters. The van der Waals surface area contributed by atoms with Gasteiger partial charge in [0.25, 0.3) is 0 Å². The van der Waals surface area contributed by atoms with Crippen molar-refractivity contribution in [3.8, 4) is 11.8 Å². The van der Waals surface area contributed by atoms with Gasteiger partial charge < -0.3 is 0 Å². The first-order chi connectivity index (χ1) is 5.84. The lowest BCUT2D eigenvalue weighted by atomic mass is 10.1. The van der Waals surface area contributed by atoms with Crippen molar-refractivity contribution < 1.29 is 4.79 Å². The van der Waals surface area contributed by atoms with Gasteiger partial charge in [-0.3, -0.25) is 4.79 Å². The van der Waals surface area contributed by atoms with Gasteiger partial charge in [0.15, 0.2) is 0 Å². The molecule has 1 heteroatoms. The predicted octanol–water partition coefficient (Wildman–Crippen LogP) is 2.02. The largest absolute Gasteiger partial charge is 0.298 e. The Hall–Kier alpha value is -0.770. The minimum atomic E-state index is 0.402. The third kappa shape index (κ3) is 1.16. The summed E-state index contributed by atoms with van der Waals surface area (Å²) in [6.45, 7) is 1.79. The van der Waals surface area contributed by atoms with E-state index in [4.69, 9.17) is 0 Å². The van der Waals surface area contributed by atoms with Crippen molar-refractivity contribution in [3.63, 3.8) is 0 Å². The van der Waals surface area contributed by atoms with Gasteiger partial charge in [-0.2, -0.15) is 0 Å². The molecule has 0 aromatic heterocycles. The molecule has 0 heterocycles. The third-order valence-corrected chi connectivity index (χ3v) is 3.22. The summed E-state index contributed by atoms with van der Waals surface area (Å²) in [5.74, 6) is 7.97. The average molecular weight is 162 g/mol. The number of hydrogen-bond acceptors (Lipinski definition) is 1. The van der Waals surface area contributed by atoms with Crippen LogP contribution in [0.2, 0.25) is 0 Å². The smallest absolute Gasteiger partial charge is 0.148 e. The van der Waals surface area contributed by atoms with E-state index in [9.17, 15) is 4.79 Å². The monoisotopic (exact) mass is 162 g/mol. The Morgan fingerprint density at radius 3 is 2.67 bits per heavy atom. The Morgan fingerprint density at radius 2 is 2.08 bits per heavy atom. The molecule has 0 radical (unpaired) electrons. The molecule has 2 fully saturated rings. The van der Waals surface area contributed by atoms with Crippen molar-refractivity contribution in [2.45, 2.75) is 32.6 Å². The van der Waals surface area contributed by atoms with Crippen LogP contribution in [-0.2, 0) is 4.79 Å². The molecule has 0 N–H and O–H groups in total. The van der Waals surface area contributed by atoms with Crippen LogP contribution >= 0.6 is 0 Å². The molecule has 0 aromatic carbocycles. The molecule has 0 aliphatic heterocycles. The molecular formula is C11H14O. The maximum atomic E-state index is 11.5. The van der Waals surface area contributed by atoms with Crippen molar-refractivity contribution in [1.29, 1.82) is 0 Å². The van der Waals surface area contributed by atoms with Crippen molar-refractivity contribution >= 4 is 5.78 Å². The van der Waals surface area contributed by atoms with Crippen molar-refractivity contribution in [3.05, 3.63) is 0 Å². The average Bonchev–Trinajstić information content (AvgIpc) is 2.56. The van der Waals surface area contributed by atoms with Crippen LogP contribution in [0, 0.1) is 29.6 Å². The second kappa shape index (κ2) is 2.94. The van der Waals surface area contributed by atoms with Crippen molar-refractivity contribution in [1.82, 2.24) is 0 Å². The summed E-state index contributed by atoms with van der Waals surface area (Å²) in [6.07, 6.45) is 4.42. The van der Waals surface area contributed by atoms with E-state index < -0.39 is 0 Å². The zero-order valence-corrected chi connectivity index (χ0v) is 7.47. The van der Waals surface area contributed by atoms with E-state index in [1.807, 2.05) is 0 Å². The molecule has 0 aromatic rings. The minimum Gasteiger partial charge on any atom is -0.298 e. The number of ketones is 1. The van der Waals surface area contributed by atoms with Crippen LogP contribution < -0.4 is 0 Å². The van der Waals surface area contributed by atoms with Gasteiger partial charge in [0.05, 0.1) is 6.42 Å². The second-order valence-electron chi connectivity index (χ2n) is 3.85. The van der Waals surface area contributed by atoms with E-state index in [0.717, 1.165) is 11.8 Å². The Kier molecular flexibility index (Phi) is 1.92. The zero-order valence-electron chi connectivity index (χ0n) is 7.47. The molecule has 2 saturated carbocycles. The molecule has 2 rings (SSSR count). The Labute approximate surface area is 73.5 Å². The Balaban J connectivity index is 1.86. The number of carbonyl (C=O) groups excluding carboxylic acids is 1. The summed E-state index contributed by atoms with van der Waals surface area (Å²) in [6, 6.07) is 0. The molecule has 12 heavy (non-hydrogen) atoms. The zero-order chi connectivity index (χ0) is 8.55. The van der Waals surface area contributed by atoms with E-state index in [2.05, 4.69) is 11.8 Å². The quantitative estimate of drug-likeness (QED) is 0.568. The maximum Gasteiger partial charge on any atom is 0.148 e. The van der Waals surface area contributed by atoms with Gasteiger partial charge in [-0.1, -0.05) is 12.3 Å². The number of carbonyl (C=O) groups is 1. The lowest BCUT2D eigenvalue weighted by Gasteiger charge is -1.97. The van der Waals surface area contributed by atoms with Crippen molar-refractivity contribution in [2.75, 3.05) is 0 Å². The molecule has 1 nitrogen and oxygen atoms in total. The molecule has 2 aliphatic carbocycles. The molecule has 2 unspecified atom stereocenters. The van der Waals surface area contributed by atoms with Crippen LogP contribution in [-0.4, -0.2) is 5.78 Å². The molecule has 0 amide bonds. The van der Waals surface area contributed by atoms with Gasteiger partial charge in [0, 0.05) is 5.92 Å². The van der Waals surface area contributed by atoms with Gasteiger partial charge in [0.1, 0.15) is 5.78 Å². The first-order valence-corrected chi connectivity index (χ1v) is 4.77. The summed E-state index contributed by atoms with van der Waals surface area (Å²) < 4.78 is 0. The second-order valence-corrected chi connectivity index (χ2v) is 3.85. The predicted molar refractivity (Wildman–Crippen MR) is 47.4 cm³/mol. The molecule has 64 valence electrons. The summed E-state index contributed by atoms with van der Waals surface area (Å²) in [4.78, 5) is 11.5. The lowest BCUT2D eigenvalue weighted by molar-refractivity contribution is -0.120. The van der Waals surface area contributed by atoms with E-state index in [1.165, 1.54) is 19.3 Å². The first-order valence-electron chi connectivity index (χ1n) is 4.77. The van der Waals surface area contributed by atoms with Crippen LogP contribution in [0.3, 0.4) is 0 Å². The number of rotatable bonds is 2. The van der Waals surface area contributed by atoms with Crippen LogP contribution in [0.5, 0.6) is 0 Å². The highest BCUT2D eigenvalue weighted by Crippen LogP contribution is 2.58. The fraction of sp³-hybridized carbons (Fsp3) is 0.727. The summed E-state index contributed by atoms with van der Waals surface area (Å²) in [5, 5.41) is 0. The standard InChI is InChI=1S/C11H14O/c1-2-3-7-10(12)11-8-5-4-6-9(8)11/h8-9,11H,4-7H2,1H3. The van der Waals surface area contributed by atoms with Crippen LogP contribution in [0.1, 0.15) is 32.6 Å². The normalized spacial score (nSPS) is 36.6. The number of Topliss-reactive ketones (excluding diaryl/α,β-unsaturated/α-hetero) is 1. The third-order valence-electron chi connectivity index (χ3n) is 3.22. The molecule has 0 spiro atoms. The maximum absolute atomic E-state index is 11.5. The van der Waals surface area contributed by atoms with Crippen molar-refractivity contribution in [2.24, 2.45) is 17.8 Å². The summed E-state index contributed by atoms with van der Waals surface area (Å²) in [7, 11) is 0. The van der Waals surface area contributed by atoms with E-state index in [0.29, 0.717) is 18.1 Å². The van der Waals surface area contributed by atoms with Crippen LogP contribution in [0.15, 0.2) is 0 Å². The Morgan fingerprint density at radius 1 is 1.42 bits per heavy atom. The van der Waals surface area contributed by atoms with E-state index >= 15 is 0 Å². The summed E-state index contributed by atoms with van der Waals surface area (Å²) >= 11 is 0. The van der Waals surface area contributed by atoms with Gasteiger partial charge in [-0.05, 0) is 31.6 Å². The number of hydrogen-bond donors (Lipinski definition) is 0.